The summed E-state index contributed by atoms with van der Waals surface area (Å²) in [5.74, 6) is 3.14. The topological polar surface area (TPSA) is 87.2 Å². The number of rotatable bonds is 9. The van der Waals surface area contributed by atoms with Gasteiger partial charge < -0.3 is 0 Å². The van der Waals surface area contributed by atoms with Gasteiger partial charge in [0.25, 0.3) is 0 Å². The fourth-order valence-corrected chi connectivity index (χ4v) is 10.6. The number of hydrogen-bond donors (Lipinski definition) is 0. The van der Waals surface area contributed by atoms with Gasteiger partial charge in [-0.1, -0.05) is 140 Å². The Morgan fingerprint density at radius 1 is 0.284 bits per heavy atom. The molecule has 74 heavy (non-hydrogen) atoms. The molecule has 0 aliphatic rings. The SMILES string of the molecule is c1ccc(-c2c3ccc(-c4ccc5c(c4)nc(-c4cccnc4)n5-c4ccccn4)cc3c(-c3ccccc3)c3ccc(-c4ccc(-c5ccc6c(c5)nc(-c5ccccn5)n6-c5ccccn5)cc4)cc23)cc1. The third kappa shape index (κ3) is 7.40. The molecule has 8 nitrogen and oxygen atoms in total. The Bertz CT molecular complexity index is 4370. The number of nitrogens with zero attached hydrogens (tertiary/aromatic N) is 8. The number of hydrogen-bond acceptors (Lipinski definition) is 6. The second kappa shape index (κ2) is 17.9. The molecule has 0 spiro atoms. The summed E-state index contributed by atoms with van der Waals surface area (Å²) >= 11 is 0. The molecule has 14 aromatic rings. The zero-order chi connectivity index (χ0) is 49.0. The number of benzene rings is 8. The van der Waals surface area contributed by atoms with Crippen LogP contribution in [-0.2, 0) is 0 Å². The molecule has 0 N–H and O–H groups in total. The minimum absolute atomic E-state index is 0.751. The van der Waals surface area contributed by atoms with Crippen LogP contribution in [0, 0.1) is 0 Å². The summed E-state index contributed by atoms with van der Waals surface area (Å²) < 4.78 is 4.20. The van der Waals surface area contributed by atoms with Gasteiger partial charge in [-0.15, -0.1) is 0 Å². The molecule has 0 aliphatic carbocycles. The van der Waals surface area contributed by atoms with Gasteiger partial charge in [0.1, 0.15) is 23.2 Å². The smallest absolute Gasteiger partial charge is 0.165 e. The third-order valence-electron chi connectivity index (χ3n) is 14.0. The van der Waals surface area contributed by atoms with E-state index in [1.807, 2.05) is 85.3 Å². The normalized spacial score (nSPS) is 11.5. The van der Waals surface area contributed by atoms with Crippen LogP contribution >= 0.6 is 0 Å². The number of aromatic nitrogens is 8. The van der Waals surface area contributed by atoms with Crippen LogP contribution in [0.3, 0.4) is 0 Å². The van der Waals surface area contributed by atoms with Crippen LogP contribution < -0.4 is 0 Å². The van der Waals surface area contributed by atoms with Crippen molar-refractivity contribution in [3.8, 4) is 90.2 Å². The van der Waals surface area contributed by atoms with Crippen molar-refractivity contribution >= 4 is 43.6 Å². The highest BCUT2D eigenvalue weighted by atomic mass is 15.2. The highest BCUT2D eigenvalue weighted by Crippen LogP contribution is 2.46. The van der Waals surface area contributed by atoms with Crippen LogP contribution in [0.4, 0.5) is 0 Å². The van der Waals surface area contributed by atoms with Crippen LogP contribution in [0.2, 0.25) is 0 Å². The van der Waals surface area contributed by atoms with Gasteiger partial charge in [0.05, 0.1) is 22.1 Å². The van der Waals surface area contributed by atoms with Gasteiger partial charge in [-0.05, 0) is 162 Å². The average molecular weight is 947 g/mol. The van der Waals surface area contributed by atoms with Crippen LogP contribution in [0.15, 0.2) is 255 Å². The Morgan fingerprint density at radius 2 is 0.730 bits per heavy atom. The lowest BCUT2D eigenvalue weighted by atomic mass is 9.84. The van der Waals surface area contributed by atoms with Crippen molar-refractivity contribution in [2.75, 3.05) is 0 Å². The summed E-state index contributed by atoms with van der Waals surface area (Å²) in [4.78, 5) is 28.8. The first-order valence-electron chi connectivity index (χ1n) is 24.7. The maximum Gasteiger partial charge on any atom is 0.165 e. The van der Waals surface area contributed by atoms with Gasteiger partial charge in [-0.3, -0.25) is 19.1 Å². The van der Waals surface area contributed by atoms with Gasteiger partial charge in [0.15, 0.2) is 5.82 Å². The van der Waals surface area contributed by atoms with Crippen molar-refractivity contribution < 1.29 is 0 Å². The standard InChI is InChI=1S/C66H42N8/c1-3-14-45(15-4-1)63-53-31-27-48(50-29-33-59-57(41-50)71-65(51-18-13-34-67-42-51)73(59)61-20-8-11-36-69-61)39-55(53)64(46-16-5-2-6-17-46)52-30-26-47(38-54(52)63)43-22-24-44(25-23-43)49-28-32-60-58(40-49)72-66(56-19-7-10-35-68-56)74(60)62-21-9-12-37-70-62/h1-42H. The van der Waals surface area contributed by atoms with E-state index < -0.39 is 0 Å². The number of fused-ring (bicyclic) bond motifs is 4. The van der Waals surface area contributed by atoms with Crippen molar-refractivity contribution in [3.63, 3.8) is 0 Å². The quantitative estimate of drug-likeness (QED) is 0.134. The van der Waals surface area contributed by atoms with Gasteiger partial charge in [0.2, 0.25) is 0 Å². The molecule has 0 bridgehead atoms. The summed E-state index contributed by atoms with van der Waals surface area (Å²) in [5.41, 5.74) is 16.8. The van der Waals surface area contributed by atoms with Gasteiger partial charge in [-0.2, -0.15) is 0 Å². The monoisotopic (exact) mass is 946 g/mol. The van der Waals surface area contributed by atoms with E-state index in [0.29, 0.717) is 0 Å². The minimum Gasteiger partial charge on any atom is -0.276 e. The lowest BCUT2D eigenvalue weighted by Crippen LogP contribution is -2.00. The molecule has 6 heterocycles. The lowest BCUT2D eigenvalue weighted by Gasteiger charge is -2.19. The molecule has 0 amide bonds. The fraction of sp³-hybridized carbons (Fsp3) is 0. The lowest BCUT2D eigenvalue weighted by molar-refractivity contribution is 1.02. The summed E-state index contributed by atoms with van der Waals surface area (Å²) in [5, 5.41) is 4.75. The van der Waals surface area contributed by atoms with E-state index >= 15 is 0 Å². The van der Waals surface area contributed by atoms with Crippen molar-refractivity contribution in [3.05, 3.63) is 255 Å². The van der Waals surface area contributed by atoms with E-state index in [1.165, 1.54) is 38.2 Å². The number of imidazole rings is 2. The molecule has 0 saturated heterocycles. The molecule has 6 aromatic heterocycles. The molecule has 346 valence electrons. The molecule has 0 fully saturated rings. The van der Waals surface area contributed by atoms with Crippen LogP contribution in [0.5, 0.6) is 0 Å². The van der Waals surface area contributed by atoms with E-state index in [0.717, 1.165) is 95.6 Å². The molecule has 0 radical (unpaired) electrons. The van der Waals surface area contributed by atoms with E-state index in [2.05, 4.69) is 182 Å². The first kappa shape index (κ1) is 42.7. The molecular formula is C66H42N8. The summed E-state index contributed by atoms with van der Waals surface area (Å²) in [6, 6.07) is 79.2. The summed E-state index contributed by atoms with van der Waals surface area (Å²) in [6.45, 7) is 0. The van der Waals surface area contributed by atoms with Gasteiger partial charge in [0, 0.05) is 36.5 Å². The Morgan fingerprint density at radius 3 is 1.24 bits per heavy atom. The van der Waals surface area contributed by atoms with Crippen LogP contribution in [0.1, 0.15) is 0 Å². The Hall–Kier alpha value is -10.2. The fourth-order valence-electron chi connectivity index (χ4n) is 10.6. The van der Waals surface area contributed by atoms with E-state index in [9.17, 15) is 0 Å². The minimum atomic E-state index is 0.751. The largest absolute Gasteiger partial charge is 0.276 e. The number of pyridine rings is 4. The Kier molecular flexibility index (Phi) is 10.3. The Balaban J connectivity index is 0.891. The molecule has 14 rings (SSSR count). The molecule has 0 unspecified atom stereocenters. The Labute approximate surface area is 426 Å². The van der Waals surface area contributed by atoms with Crippen molar-refractivity contribution in [2.24, 2.45) is 0 Å². The highest BCUT2D eigenvalue weighted by Gasteiger charge is 2.21. The summed E-state index contributed by atoms with van der Waals surface area (Å²) in [7, 11) is 0. The van der Waals surface area contributed by atoms with Crippen molar-refractivity contribution in [1.82, 2.24) is 39.0 Å². The molecule has 0 saturated carbocycles. The maximum atomic E-state index is 5.23. The molecule has 0 aliphatic heterocycles. The van der Waals surface area contributed by atoms with Gasteiger partial charge >= 0.3 is 0 Å². The van der Waals surface area contributed by atoms with Crippen LogP contribution in [-0.4, -0.2) is 39.0 Å². The molecular weight excluding hydrogens is 905 g/mol. The second-order valence-corrected chi connectivity index (χ2v) is 18.4. The zero-order valence-electron chi connectivity index (χ0n) is 39.8. The molecule has 0 atom stereocenters. The maximum absolute atomic E-state index is 5.23. The predicted molar refractivity (Wildman–Crippen MR) is 300 cm³/mol. The average Bonchev–Trinajstić information content (AvgIpc) is 4.07. The summed E-state index contributed by atoms with van der Waals surface area (Å²) in [6.07, 6.45) is 9.06. The van der Waals surface area contributed by atoms with Crippen molar-refractivity contribution in [1.29, 1.82) is 0 Å². The molecule has 8 aromatic carbocycles. The van der Waals surface area contributed by atoms with E-state index in [4.69, 9.17) is 15.0 Å². The molecule has 8 heteroatoms. The van der Waals surface area contributed by atoms with Crippen molar-refractivity contribution in [2.45, 2.75) is 0 Å². The van der Waals surface area contributed by atoms with E-state index in [1.54, 1.807) is 12.4 Å². The van der Waals surface area contributed by atoms with E-state index in [-0.39, 0.29) is 0 Å². The third-order valence-corrected chi connectivity index (χ3v) is 14.0. The highest BCUT2D eigenvalue weighted by molar-refractivity contribution is 6.22. The predicted octanol–water partition coefficient (Wildman–Crippen LogP) is 15.9. The second-order valence-electron chi connectivity index (χ2n) is 18.4. The first-order valence-corrected chi connectivity index (χ1v) is 24.7. The van der Waals surface area contributed by atoms with Gasteiger partial charge in [-0.25, -0.2) is 19.9 Å². The first-order chi connectivity index (χ1) is 36.7. The zero-order valence-corrected chi connectivity index (χ0v) is 39.8. The van der Waals surface area contributed by atoms with Crippen LogP contribution in [0.25, 0.3) is 134 Å².